The van der Waals surface area contributed by atoms with Gasteiger partial charge in [0.25, 0.3) is 0 Å². The molecule has 20 heavy (non-hydrogen) atoms. The van der Waals surface area contributed by atoms with Crippen molar-refractivity contribution in [2.75, 3.05) is 13.6 Å². The number of hydrogen-bond acceptors (Lipinski definition) is 4. The summed E-state index contributed by atoms with van der Waals surface area (Å²) in [5, 5.41) is 11.7. The summed E-state index contributed by atoms with van der Waals surface area (Å²) < 4.78 is 1.88. The number of guanidine groups is 1. The Balaban J connectivity index is 1.72. The molecule has 0 spiro atoms. The number of aromatic nitrogens is 3. The van der Waals surface area contributed by atoms with Crippen molar-refractivity contribution in [2.24, 2.45) is 4.99 Å². The average Bonchev–Trinajstić information content (AvgIpc) is 3.13. The van der Waals surface area contributed by atoms with Crippen LogP contribution in [0.1, 0.15) is 16.8 Å². The fourth-order valence-electron chi connectivity index (χ4n) is 1.69. The minimum Gasteiger partial charge on any atom is -0.355 e. The Kier molecular flexibility index (Phi) is 5.55. The first kappa shape index (κ1) is 14.5. The van der Waals surface area contributed by atoms with Gasteiger partial charge < -0.3 is 10.6 Å². The van der Waals surface area contributed by atoms with Crippen LogP contribution in [0.2, 0.25) is 0 Å². The van der Waals surface area contributed by atoms with Gasteiger partial charge in [-0.3, -0.25) is 9.67 Å². The van der Waals surface area contributed by atoms with Crippen molar-refractivity contribution in [3.05, 3.63) is 34.5 Å². The predicted octanol–water partition coefficient (Wildman–Crippen LogP) is 1.27. The van der Waals surface area contributed by atoms with E-state index in [0.29, 0.717) is 6.54 Å². The van der Waals surface area contributed by atoms with Gasteiger partial charge in [-0.2, -0.15) is 5.10 Å². The lowest BCUT2D eigenvalue weighted by molar-refractivity contribution is 0.597. The SMILES string of the molecule is CCc1cnc(CNC(=NC)NCCn2cccn2)s1. The molecule has 0 aromatic carbocycles. The number of rotatable bonds is 6. The van der Waals surface area contributed by atoms with E-state index in [9.17, 15) is 0 Å². The number of nitrogens with zero attached hydrogens (tertiary/aromatic N) is 4. The zero-order valence-corrected chi connectivity index (χ0v) is 12.7. The summed E-state index contributed by atoms with van der Waals surface area (Å²) in [7, 11) is 1.77. The molecule has 0 atom stereocenters. The minimum absolute atomic E-state index is 0.701. The molecular formula is C13H20N6S. The average molecular weight is 292 g/mol. The third-order valence-corrected chi connectivity index (χ3v) is 3.91. The molecule has 2 rings (SSSR count). The highest BCUT2D eigenvalue weighted by molar-refractivity contribution is 7.11. The first-order chi connectivity index (χ1) is 9.81. The van der Waals surface area contributed by atoms with E-state index in [1.165, 1.54) is 4.88 Å². The van der Waals surface area contributed by atoms with Crippen molar-refractivity contribution in [2.45, 2.75) is 26.4 Å². The highest BCUT2D eigenvalue weighted by atomic mass is 32.1. The summed E-state index contributed by atoms with van der Waals surface area (Å²) in [4.78, 5) is 9.87. The normalized spacial score (nSPS) is 11.6. The molecule has 108 valence electrons. The Morgan fingerprint density at radius 3 is 3.00 bits per heavy atom. The summed E-state index contributed by atoms with van der Waals surface area (Å²) in [6, 6.07) is 1.92. The highest BCUT2D eigenvalue weighted by Crippen LogP contribution is 2.12. The Morgan fingerprint density at radius 2 is 2.35 bits per heavy atom. The second kappa shape index (κ2) is 7.64. The van der Waals surface area contributed by atoms with Gasteiger partial charge in [-0.05, 0) is 12.5 Å². The fourth-order valence-corrected chi connectivity index (χ4v) is 2.50. The lowest BCUT2D eigenvalue weighted by Crippen LogP contribution is -2.38. The van der Waals surface area contributed by atoms with E-state index in [4.69, 9.17) is 0 Å². The standard InChI is InChI=1S/C13H20N6S/c1-3-11-9-16-12(20-11)10-17-13(14-2)15-6-8-19-7-4-5-18-19/h4-5,7,9H,3,6,8,10H2,1-2H3,(H2,14,15,17). The zero-order valence-electron chi connectivity index (χ0n) is 11.8. The smallest absolute Gasteiger partial charge is 0.191 e. The van der Waals surface area contributed by atoms with Crippen LogP contribution in [-0.4, -0.2) is 34.3 Å². The van der Waals surface area contributed by atoms with Crippen LogP contribution in [0.15, 0.2) is 29.6 Å². The zero-order chi connectivity index (χ0) is 14.2. The van der Waals surface area contributed by atoms with Gasteiger partial charge in [0.2, 0.25) is 0 Å². The molecule has 7 heteroatoms. The molecule has 0 saturated carbocycles. The third-order valence-electron chi connectivity index (χ3n) is 2.77. The second-order valence-corrected chi connectivity index (χ2v) is 5.40. The molecule has 0 aliphatic rings. The van der Waals surface area contributed by atoms with Crippen molar-refractivity contribution >= 4 is 17.3 Å². The van der Waals surface area contributed by atoms with Crippen LogP contribution in [0.5, 0.6) is 0 Å². The Morgan fingerprint density at radius 1 is 1.45 bits per heavy atom. The molecule has 2 aromatic rings. The van der Waals surface area contributed by atoms with E-state index < -0.39 is 0 Å². The maximum Gasteiger partial charge on any atom is 0.191 e. The first-order valence-corrected chi connectivity index (χ1v) is 7.49. The molecule has 0 bridgehead atoms. The monoisotopic (exact) mass is 292 g/mol. The minimum atomic E-state index is 0.701. The Labute approximate surface area is 123 Å². The molecular weight excluding hydrogens is 272 g/mol. The highest BCUT2D eigenvalue weighted by Gasteiger charge is 2.02. The van der Waals surface area contributed by atoms with Crippen molar-refractivity contribution in [3.63, 3.8) is 0 Å². The third kappa shape index (κ3) is 4.34. The first-order valence-electron chi connectivity index (χ1n) is 6.67. The molecule has 2 aromatic heterocycles. The summed E-state index contributed by atoms with van der Waals surface area (Å²) in [6.07, 6.45) is 6.70. The predicted molar refractivity (Wildman–Crippen MR) is 81.9 cm³/mol. The molecule has 0 aliphatic carbocycles. The molecule has 0 radical (unpaired) electrons. The van der Waals surface area contributed by atoms with E-state index in [0.717, 1.165) is 30.5 Å². The number of thiazole rings is 1. The second-order valence-electron chi connectivity index (χ2n) is 4.20. The van der Waals surface area contributed by atoms with Crippen LogP contribution in [-0.2, 0) is 19.5 Å². The Hall–Kier alpha value is -1.89. The molecule has 0 saturated heterocycles. The topological polar surface area (TPSA) is 67.1 Å². The number of aliphatic imine (C=N–C) groups is 1. The van der Waals surface area contributed by atoms with Gasteiger partial charge in [0.05, 0.1) is 13.1 Å². The van der Waals surface area contributed by atoms with Crippen LogP contribution in [0.25, 0.3) is 0 Å². The van der Waals surface area contributed by atoms with Gasteiger partial charge in [-0.15, -0.1) is 11.3 Å². The largest absolute Gasteiger partial charge is 0.355 e. The van der Waals surface area contributed by atoms with Gasteiger partial charge in [0.1, 0.15) is 5.01 Å². The van der Waals surface area contributed by atoms with Crippen molar-refractivity contribution in [3.8, 4) is 0 Å². The summed E-state index contributed by atoms with van der Waals surface area (Å²) in [5.41, 5.74) is 0. The van der Waals surface area contributed by atoms with E-state index in [2.05, 4.69) is 32.6 Å². The van der Waals surface area contributed by atoms with Crippen molar-refractivity contribution < 1.29 is 0 Å². The summed E-state index contributed by atoms with van der Waals surface area (Å²) in [5.74, 6) is 0.783. The number of nitrogens with one attached hydrogen (secondary N) is 2. The van der Waals surface area contributed by atoms with Crippen molar-refractivity contribution in [1.82, 2.24) is 25.4 Å². The maximum atomic E-state index is 4.37. The van der Waals surface area contributed by atoms with Crippen LogP contribution >= 0.6 is 11.3 Å². The molecule has 2 N–H and O–H groups in total. The van der Waals surface area contributed by atoms with E-state index in [1.807, 2.05) is 23.1 Å². The lowest BCUT2D eigenvalue weighted by atomic mass is 10.4. The molecule has 0 aliphatic heterocycles. The summed E-state index contributed by atoms with van der Waals surface area (Å²) in [6.45, 7) is 4.43. The van der Waals surface area contributed by atoms with E-state index >= 15 is 0 Å². The van der Waals surface area contributed by atoms with Gasteiger partial charge in [-0.1, -0.05) is 6.92 Å². The van der Waals surface area contributed by atoms with Crippen LogP contribution < -0.4 is 10.6 Å². The quantitative estimate of drug-likeness (QED) is 0.621. The van der Waals surface area contributed by atoms with Gasteiger partial charge in [0, 0.05) is 37.1 Å². The van der Waals surface area contributed by atoms with Crippen LogP contribution in [0.4, 0.5) is 0 Å². The molecule has 0 amide bonds. The van der Waals surface area contributed by atoms with Crippen molar-refractivity contribution in [1.29, 1.82) is 0 Å². The maximum absolute atomic E-state index is 4.37. The lowest BCUT2D eigenvalue weighted by Gasteiger charge is -2.10. The fraction of sp³-hybridized carbons (Fsp3) is 0.462. The van der Waals surface area contributed by atoms with Gasteiger partial charge in [0.15, 0.2) is 5.96 Å². The number of aryl methyl sites for hydroxylation is 1. The van der Waals surface area contributed by atoms with Crippen LogP contribution in [0.3, 0.4) is 0 Å². The number of hydrogen-bond donors (Lipinski definition) is 2. The van der Waals surface area contributed by atoms with Gasteiger partial charge >= 0.3 is 0 Å². The van der Waals surface area contributed by atoms with E-state index in [-0.39, 0.29) is 0 Å². The van der Waals surface area contributed by atoms with E-state index in [1.54, 1.807) is 24.6 Å². The molecule has 6 nitrogen and oxygen atoms in total. The van der Waals surface area contributed by atoms with Gasteiger partial charge in [-0.25, -0.2) is 4.98 Å². The summed E-state index contributed by atoms with van der Waals surface area (Å²) >= 11 is 1.74. The molecule has 2 heterocycles. The Bertz CT molecular complexity index is 531. The molecule has 0 unspecified atom stereocenters. The van der Waals surface area contributed by atoms with Crippen LogP contribution in [0, 0.1) is 0 Å². The molecule has 0 fully saturated rings.